The number of rotatable bonds is 4. The Hall–Kier alpha value is -3.67. The summed E-state index contributed by atoms with van der Waals surface area (Å²) in [4.78, 5) is 19.1. The van der Waals surface area contributed by atoms with Crippen molar-refractivity contribution in [1.82, 2.24) is 9.55 Å². The number of hydrogen-bond donors (Lipinski definition) is 1. The summed E-state index contributed by atoms with van der Waals surface area (Å²) in [5.41, 5.74) is 12.5. The number of anilines is 1. The van der Waals surface area contributed by atoms with Gasteiger partial charge in [-0.05, 0) is 60.7 Å². The van der Waals surface area contributed by atoms with Gasteiger partial charge in [0, 0.05) is 30.7 Å². The molecule has 1 amide bonds. The maximum absolute atomic E-state index is 13.9. The Bertz CT molecular complexity index is 1360. The quantitative estimate of drug-likeness (QED) is 0.520. The van der Waals surface area contributed by atoms with Crippen molar-refractivity contribution in [3.63, 3.8) is 0 Å². The van der Waals surface area contributed by atoms with Crippen LogP contribution in [0.1, 0.15) is 38.4 Å². The van der Waals surface area contributed by atoms with Gasteiger partial charge in [-0.3, -0.25) is 4.79 Å². The van der Waals surface area contributed by atoms with E-state index in [1.165, 1.54) is 17.2 Å². The normalized spacial score (nSPS) is 13.4. The molecule has 6 heteroatoms. The van der Waals surface area contributed by atoms with Crippen LogP contribution in [0.5, 0.6) is 0 Å². The zero-order valence-corrected chi connectivity index (χ0v) is 18.2. The molecule has 4 aromatic rings. The topological polar surface area (TPSA) is 64.2 Å². The first kappa shape index (κ1) is 20.2. The Morgan fingerprint density at radius 1 is 1.09 bits per heavy atom. The third-order valence-electron chi connectivity index (χ3n) is 6.51. The van der Waals surface area contributed by atoms with Gasteiger partial charge in [-0.1, -0.05) is 36.4 Å². The number of carbonyl (C=O) groups is 1. The largest absolute Gasteiger partial charge is 0.364 e. The number of hydrogen-bond acceptors (Lipinski definition) is 3. The molecule has 2 N–H and O–H groups in total. The smallest absolute Gasteiger partial charge is 0.267 e. The minimum atomic E-state index is -0.541. The molecule has 0 saturated carbocycles. The van der Waals surface area contributed by atoms with Crippen molar-refractivity contribution in [3.05, 3.63) is 94.1 Å². The first-order valence-corrected chi connectivity index (χ1v) is 10.8. The van der Waals surface area contributed by atoms with Gasteiger partial charge in [0.25, 0.3) is 5.91 Å². The van der Waals surface area contributed by atoms with Crippen molar-refractivity contribution < 1.29 is 9.18 Å². The van der Waals surface area contributed by atoms with E-state index in [-0.39, 0.29) is 11.5 Å². The zero-order chi connectivity index (χ0) is 22.4. The number of benzene rings is 2. The number of halogens is 1. The number of pyridine rings is 1. The monoisotopic (exact) mass is 428 g/mol. The molecular weight excluding hydrogens is 403 g/mol. The van der Waals surface area contributed by atoms with E-state index in [0.717, 1.165) is 46.5 Å². The van der Waals surface area contributed by atoms with Crippen LogP contribution < -0.4 is 10.6 Å². The van der Waals surface area contributed by atoms with Gasteiger partial charge >= 0.3 is 0 Å². The van der Waals surface area contributed by atoms with Crippen LogP contribution >= 0.6 is 0 Å². The second kappa shape index (κ2) is 7.79. The lowest BCUT2D eigenvalue weighted by atomic mass is 10.00. The van der Waals surface area contributed by atoms with Gasteiger partial charge in [0.1, 0.15) is 11.5 Å². The molecule has 1 aliphatic rings. The van der Waals surface area contributed by atoms with Crippen molar-refractivity contribution in [2.75, 3.05) is 11.4 Å². The van der Waals surface area contributed by atoms with E-state index < -0.39 is 5.91 Å². The summed E-state index contributed by atoms with van der Waals surface area (Å²) in [6.45, 7) is 6.12. The number of aromatic nitrogens is 2. The predicted molar refractivity (Wildman–Crippen MR) is 124 cm³/mol. The van der Waals surface area contributed by atoms with Crippen LogP contribution in [0.2, 0.25) is 0 Å². The molecule has 0 spiro atoms. The molecule has 0 radical (unpaired) electrons. The molecule has 0 aliphatic carbocycles. The van der Waals surface area contributed by atoms with E-state index in [9.17, 15) is 9.18 Å². The van der Waals surface area contributed by atoms with Crippen molar-refractivity contribution >= 4 is 22.6 Å². The van der Waals surface area contributed by atoms with Gasteiger partial charge in [0.2, 0.25) is 0 Å². The molecular formula is C26H25FN4O. The highest BCUT2D eigenvalue weighted by atomic mass is 19.1. The lowest BCUT2D eigenvalue weighted by Gasteiger charge is -2.31. The van der Waals surface area contributed by atoms with E-state index in [4.69, 9.17) is 10.7 Å². The standard InChI is InChI=1S/C26H25FN4O/c1-16-17(2)31(14-18-6-5-9-21(27)12-18)24-22(16)13-23(25(28)32)29-26(24)30-11-10-19-7-3-4-8-20(19)15-30/h3-9,12-13H,10-11,14-15H2,1-2H3,(H2,28,32). The maximum Gasteiger partial charge on any atom is 0.267 e. The van der Waals surface area contributed by atoms with Gasteiger partial charge in [-0.25, -0.2) is 9.37 Å². The minimum Gasteiger partial charge on any atom is -0.364 e. The lowest BCUT2D eigenvalue weighted by molar-refractivity contribution is 0.0996. The van der Waals surface area contributed by atoms with E-state index in [2.05, 4.69) is 27.7 Å². The molecule has 0 saturated heterocycles. The molecule has 0 unspecified atom stereocenters. The van der Waals surface area contributed by atoms with Gasteiger partial charge in [-0.2, -0.15) is 0 Å². The molecule has 1 aliphatic heterocycles. The van der Waals surface area contributed by atoms with E-state index in [0.29, 0.717) is 13.1 Å². The first-order valence-electron chi connectivity index (χ1n) is 10.8. The van der Waals surface area contributed by atoms with Gasteiger partial charge in [0.05, 0.1) is 5.52 Å². The molecule has 32 heavy (non-hydrogen) atoms. The summed E-state index contributed by atoms with van der Waals surface area (Å²) in [5, 5.41) is 0.955. The number of amides is 1. The third-order valence-corrected chi connectivity index (χ3v) is 6.51. The fraction of sp³-hybridized carbons (Fsp3) is 0.231. The molecule has 5 rings (SSSR count). The van der Waals surface area contributed by atoms with Gasteiger partial charge in [0.15, 0.2) is 5.82 Å². The summed E-state index contributed by atoms with van der Waals surface area (Å²) in [5.74, 6) is -0.0470. The number of carbonyl (C=O) groups excluding carboxylic acids is 1. The van der Waals surface area contributed by atoms with Crippen molar-refractivity contribution in [1.29, 1.82) is 0 Å². The highest BCUT2D eigenvalue weighted by Gasteiger charge is 2.25. The maximum atomic E-state index is 13.9. The fourth-order valence-corrected chi connectivity index (χ4v) is 4.68. The number of primary amides is 1. The summed E-state index contributed by atoms with van der Waals surface area (Å²) in [6, 6.07) is 16.9. The highest BCUT2D eigenvalue weighted by Crippen LogP contribution is 2.35. The Morgan fingerprint density at radius 2 is 1.88 bits per heavy atom. The zero-order valence-electron chi connectivity index (χ0n) is 18.2. The van der Waals surface area contributed by atoms with Crippen LogP contribution in [0.15, 0.2) is 54.6 Å². The SMILES string of the molecule is Cc1c(C)n(Cc2cccc(F)c2)c2c(N3CCc4ccccc4C3)nc(C(N)=O)cc12. The summed E-state index contributed by atoms with van der Waals surface area (Å²) in [6.07, 6.45) is 0.905. The Kier molecular flexibility index (Phi) is 4.93. The molecule has 0 atom stereocenters. The number of nitrogens with two attached hydrogens (primary N) is 1. The molecule has 162 valence electrons. The van der Waals surface area contributed by atoms with E-state index in [1.807, 2.05) is 26.0 Å². The van der Waals surface area contributed by atoms with E-state index >= 15 is 0 Å². The van der Waals surface area contributed by atoms with Crippen LogP contribution in [-0.2, 0) is 19.5 Å². The van der Waals surface area contributed by atoms with Crippen molar-refractivity contribution in [2.45, 2.75) is 33.4 Å². The predicted octanol–water partition coefficient (Wildman–Crippen LogP) is 4.50. The molecule has 0 fully saturated rings. The van der Waals surface area contributed by atoms with Crippen LogP contribution in [0.25, 0.3) is 10.9 Å². The van der Waals surface area contributed by atoms with Crippen molar-refractivity contribution in [3.8, 4) is 0 Å². The minimum absolute atomic E-state index is 0.254. The van der Waals surface area contributed by atoms with E-state index in [1.54, 1.807) is 18.2 Å². The Balaban J connectivity index is 1.70. The van der Waals surface area contributed by atoms with Crippen LogP contribution in [0.3, 0.4) is 0 Å². The fourth-order valence-electron chi connectivity index (χ4n) is 4.68. The number of nitrogens with zero attached hydrogens (tertiary/aromatic N) is 3. The molecule has 5 nitrogen and oxygen atoms in total. The summed E-state index contributed by atoms with van der Waals surface area (Å²) < 4.78 is 16.0. The number of aryl methyl sites for hydroxylation is 1. The Morgan fingerprint density at radius 3 is 2.62 bits per heavy atom. The third kappa shape index (κ3) is 3.42. The summed E-state index contributed by atoms with van der Waals surface area (Å²) >= 11 is 0. The molecule has 2 aromatic carbocycles. The first-order chi connectivity index (χ1) is 15.4. The molecule has 2 aromatic heterocycles. The van der Waals surface area contributed by atoms with Crippen molar-refractivity contribution in [2.24, 2.45) is 5.73 Å². The highest BCUT2D eigenvalue weighted by molar-refractivity contribution is 6.00. The number of fused-ring (bicyclic) bond motifs is 2. The second-order valence-corrected chi connectivity index (χ2v) is 8.46. The van der Waals surface area contributed by atoms with Gasteiger partial charge < -0.3 is 15.2 Å². The van der Waals surface area contributed by atoms with Gasteiger partial charge in [-0.15, -0.1) is 0 Å². The average molecular weight is 429 g/mol. The average Bonchev–Trinajstić information content (AvgIpc) is 3.03. The lowest BCUT2D eigenvalue weighted by Crippen LogP contribution is -2.32. The van der Waals surface area contributed by atoms with Crippen LogP contribution in [0, 0.1) is 19.7 Å². The second-order valence-electron chi connectivity index (χ2n) is 8.46. The molecule has 0 bridgehead atoms. The summed E-state index contributed by atoms with van der Waals surface area (Å²) in [7, 11) is 0. The van der Waals surface area contributed by atoms with Crippen LogP contribution in [-0.4, -0.2) is 22.0 Å². The van der Waals surface area contributed by atoms with Crippen LogP contribution in [0.4, 0.5) is 10.2 Å². The Labute approximate surface area is 186 Å². The molecule has 3 heterocycles.